The predicted molar refractivity (Wildman–Crippen MR) is 85.3 cm³/mol. The monoisotopic (exact) mass is 364 g/mol. The number of likely N-dealkylation sites (N-methyl/N-ethyl adjacent to an activating group) is 1. The van der Waals surface area contributed by atoms with Crippen LogP contribution in [0.2, 0.25) is 0 Å². The Hall–Kier alpha value is -1.44. The van der Waals surface area contributed by atoms with Crippen molar-refractivity contribution in [3.63, 3.8) is 0 Å². The molecular formula is C14H13BrN4OS. The molecule has 7 heteroatoms. The van der Waals surface area contributed by atoms with E-state index >= 15 is 0 Å². The second-order valence-corrected chi connectivity index (χ2v) is 6.42. The number of anilines is 1. The van der Waals surface area contributed by atoms with E-state index in [1.165, 1.54) is 18.1 Å². The molecule has 1 aromatic carbocycles. The number of amides is 1. The third kappa shape index (κ3) is 2.95. The maximum Gasteiger partial charge on any atom is 0.246 e. The molecule has 0 spiro atoms. The van der Waals surface area contributed by atoms with Crippen molar-refractivity contribution in [1.82, 2.24) is 15.3 Å². The van der Waals surface area contributed by atoms with Crippen molar-refractivity contribution in [2.45, 2.75) is 22.9 Å². The molecule has 2 heterocycles. The third-order valence-corrected chi connectivity index (χ3v) is 5.04. The number of rotatable bonds is 4. The van der Waals surface area contributed by atoms with Gasteiger partial charge in [-0.05, 0) is 40.7 Å². The summed E-state index contributed by atoms with van der Waals surface area (Å²) in [5.41, 5.74) is 1.83. The first kappa shape index (κ1) is 14.5. The lowest BCUT2D eigenvalue weighted by Crippen LogP contribution is -2.27. The van der Waals surface area contributed by atoms with Crippen molar-refractivity contribution in [1.29, 1.82) is 0 Å². The van der Waals surface area contributed by atoms with Crippen molar-refractivity contribution in [2.24, 2.45) is 0 Å². The summed E-state index contributed by atoms with van der Waals surface area (Å²) in [6.45, 7) is 2.73. The summed E-state index contributed by atoms with van der Waals surface area (Å²) in [6.07, 6.45) is 3.23. The van der Waals surface area contributed by atoms with Crippen LogP contribution in [-0.4, -0.2) is 22.4 Å². The van der Waals surface area contributed by atoms with Crippen molar-refractivity contribution in [3.8, 4) is 0 Å². The molecule has 1 aliphatic rings. The lowest BCUT2D eigenvalue weighted by atomic mass is 10.1. The average Bonchev–Trinajstić information content (AvgIpc) is 2.77. The van der Waals surface area contributed by atoms with Gasteiger partial charge in [0.1, 0.15) is 17.4 Å². The van der Waals surface area contributed by atoms with Crippen molar-refractivity contribution < 1.29 is 4.79 Å². The van der Waals surface area contributed by atoms with Gasteiger partial charge in [0.25, 0.3) is 0 Å². The number of benzene rings is 1. The quantitative estimate of drug-likeness (QED) is 0.816. The molecular weight excluding hydrogens is 352 g/mol. The Labute approximate surface area is 135 Å². The lowest BCUT2D eigenvalue weighted by molar-refractivity contribution is -0.117. The number of nitrogens with zero attached hydrogens (tertiary/aromatic N) is 2. The van der Waals surface area contributed by atoms with Crippen LogP contribution in [0.25, 0.3) is 0 Å². The van der Waals surface area contributed by atoms with E-state index in [4.69, 9.17) is 0 Å². The van der Waals surface area contributed by atoms with Gasteiger partial charge in [0.2, 0.25) is 5.91 Å². The van der Waals surface area contributed by atoms with Crippen LogP contribution in [0.4, 0.5) is 5.69 Å². The van der Waals surface area contributed by atoms with Gasteiger partial charge in [-0.15, -0.1) is 0 Å². The molecule has 1 unspecified atom stereocenters. The minimum atomic E-state index is -0.278. The number of fused-ring (bicyclic) bond motifs is 1. The van der Waals surface area contributed by atoms with Crippen molar-refractivity contribution in [3.05, 3.63) is 40.8 Å². The van der Waals surface area contributed by atoms with E-state index in [-0.39, 0.29) is 11.9 Å². The summed E-state index contributed by atoms with van der Waals surface area (Å²) in [6, 6.07) is 5.54. The van der Waals surface area contributed by atoms with Crippen LogP contribution in [0, 0.1) is 0 Å². The molecule has 1 aromatic heterocycles. The second-order valence-electron chi connectivity index (χ2n) is 4.50. The van der Waals surface area contributed by atoms with Crippen LogP contribution in [0.15, 0.2) is 45.1 Å². The molecule has 1 atom stereocenters. The van der Waals surface area contributed by atoms with Crippen molar-refractivity contribution in [2.75, 3.05) is 11.9 Å². The van der Waals surface area contributed by atoms with Crippen LogP contribution in [0.5, 0.6) is 0 Å². The normalized spacial score (nSPS) is 16.7. The first-order valence-corrected chi connectivity index (χ1v) is 8.11. The smallest absolute Gasteiger partial charge is 0.246 e. The van der Waals surface area contributed by atoms with Gasteiger partial charge in [0.15, 0.2) is 0 Å². The van der Waals surface area contributed by atoms with Crippen LogP contribution >= 0.6 is 27.7 Å². The topological polar surface area (TPSA) is 66.9 Å². The molecule has 3 rings (SSSR count). The second kappa shape index (κ2) is 6.13. The molecule has 0 bridgehead atoms. The number of aromatic nitrogens is 2. The molecule has 1 aliphatic heterocycles. The van der Waals surface area contributed by atoms with E-state index in [0.717, 1.165) is 32.2 Å². The van der Waals surface area contributed by atoms with Gasteiger partial charge in [-0.25, -0.2) is 9.97 Å². The fourth-order valence-electron chi connectivity index (χ4n) is 2.20. The summed E-state index contributed by atoms with van der Waals surface area (Å²) in [5, 5.41) is 6.96. The predicted octanol–water partition coefficient (Wildman–Crippen LogP) is 2.99. The van der Waals surface area contributed by atoms with E-state index in [1.807, 2.05) is 25.1 Å². The van der Waals surface area contributed by atoms with E-state index in [1.54, 1.807) is 6.20 Å². The summed E-state index contributed by atoms with van der Waals surface area (Å²) in [7, 11) is 0. The number of nitrogens with one attached hydrogen (secondary N) is 2. The SMILES string of the molecule is CCNC1C(=O)Nc2cc(Sc3ccncn3)c(Br)cc21. The zero-order chi connectivity index (χ0) is 14.8. The van der Waals surface area contributed by atoms with Gasteiger partial charge in [-0.3, -0.25) is 4.79 Å². The zero-order valence-electron chi connectivity index (χ0n) is 11.3. The number of hydrogen-bond acceptors (Lipinski definition) is 5. The molecule has 108 valence electrons. The Morgan fingerprint density at radius 3 is 3.05 bits per heavy atom. The molecule has 0 fully saturated rings. The number of carbonyl (C=O) groups is 1. The van der Waals surface area contributed by atoms with Gasteiger partial charge >= 0.3 is 0 Å². The van der Waals surface area contributed by atoms with Crippen LogP contribution in [0.1, 0.15) is 18.5 Å². The number of hydrogen-bond donors (Lipinski definition) is 2. The molecule has 2 aromatic rings. The van der Waals surface area contributed by atoms with E-state index in [0.29, 0.717) is 0 Å². The summed E-state index contributed by atoms with van der Waals surface area (Å²) < 4.78 is 0.948. The molecule has 5 nitrogen and oxygen atoms in total. The van der Waals surface area contributed by atoms with E-state index in [2.05, 4.69) is 36.5 Å². The molecule has 0 saturated heterocycles. The lowest BCUT2D eigenvalue weighted by Gasteiger charge is -2.11. The Morgan fingerprint density at radius 2 is 2.33 bits per heavy atom. The van der Waals surface area contributed by atoms with Crippen LogP contribution in [0.3, 0.4) is 0 Å². The minimum absolute atomic E-state index is 0.0112. The molecule has 1 amide bonds. The number of carbonyl (C=O) groups excluding carboxylic acids is 1. The Kier molecular flexibility index (Phi) is 4.23. The average molecular weight is 365 g/mol. The van der Waals surface area contributed by atoms with Gasteiger partial charge in [-0.1, -0.05) is 18.7 Å². The molecule has 2 N–H and O–H groups in total. The van der Waals surface area contributed by atoms with Crippen molar-refractivity contribution >= 4 is 39.3 Å². The van der Waals surface area contributed by atoms with Gasteiger partial charge < -0.3 is 10.6 Å². The minimum Gasteiger partial charge on any atom is -0.324 e. The van der Waals surface area contributed by atoms with Crippen LogP contribution in [-0.2, 0) is 4.79 Å². The van der Waals surface area contributed by atoms with Gasteiger partial charge in [0.05, 0.1) is 0 Å². The highest BCUT2D eigenvalue weighted by atomic mass is 79.9. The standard InChI is InChI=1S/C14H13BrN4OS/c1-2-17-13-8-5-9(15)11(6-10(8)19-14(13)20)21-12-3-4-16-7-18-12/h3-7,13,17H,2H2,1H3,(H,19,20). The first-order valence-electron chi connectivity index (χ1n) is 6.50. The zero-order valence-corrected chi connectivity index (χ0v) is 13.7. The Bertz CT molecular complexity index is 680. The highest BCUT2D eigenvalue weighted by Crippen LogP contribution is 2.40. The number of halogens is 1. The van der Waals surface area contributed by atoms with E-state index < -0.39 is 0 Å². The highest BCUT2D eigenvalue weighted by Gasteiger charge is 2.30. The van der Waals surface area contributed by atoms with Crippen LogP contribution < -0.4 is 10.6 Å². The highest BCUT2D eigenvalue weighted by molar-refractivity contribution is 9.10. The molecule has 0 radical (unpaired) electrons. The molecule has 21 heavy (non-hydrogen) atoms. The largest absolute Gasteiger partial charge is 0.324 e. The molecule has 0 saturated carbocycles. The summed E-state index contributed by atoms with van der Waals surface area (Å²) in [5.74, 6) is -0.0112. The third-order valence-electron chi connectivity index (χ3n) is 3.11. The van der Waals surface area contributed by atoms with Gasteiger partial charge in [0, 0.05) is 26.8 Å². The fraction of sp³-hybridized carbons (Fsp3) is 0.214. The van der Waals surface area contributed by atoms with E-state index in [9.17, 15) is 4.79 Å². The van der Waals surface area contributed by atoms with Gasteiger partial charge in [-0.2, -0.15) is 0 Å². The fourth-order valence-corrected chi connectivity index (χ4v) is 3.59. The maximum absolute atomic E-state index is 12.0. The Balaban J connectivity index is 1.92. The summed E-state index contributed by atoms with van der Waals surface area (Å²) in [4.78, 5) is 21.1. The molecule has 0 aliphatic carbocycles. The maximum atomic E-state index is 12.0. The first-order chi connectivity index (χ1) is 10.2. The Morgan fingerprint density at radius 1 is 1.48 bits per heavy atom. The summed E-state index contributed by atoms with van der Waals surface area (Å²) >= 11 is 5.10.